The summed E-state index contributed by atoms with van der Waals surface area (Å²) in [6, 6.07) is 3.82. The molecule has 16 heavy (non-hydrogen) atoms. The second-order valence-corrected chi connectivity index (χ2v) is 5.03. The molecule has 0 aliphatic heterocycles. The molecule has 1 atom stereocenters. The summed E-state index contributed by atoms with van der Waals surface area (Å²) in [6.07, 6.45) is 11.1. The van der Waals surface area contributed by atoms with E-state index < -0.39 is 0 Å². The van der Waals surface area contributed by atoms with E-state index in [1.807, 2.05) is 12.1 Å². The molecule has 0 spiro atoms. The molecule has 0 saturated heterocycles. The van der Waals surface area contributed by atoms with Crippen LogP contribution >= 0.6 is 0 Å². The standard InChI is InChI=1S/C14H22O2/c15-13(11-14-8-5-9-16-14)10-12-6-3-1-2-4-7-12/h5,8-9,12-13,15H,1-4,6-7,10-11H2. The lowest BCUT2D eigenvalue weighted by atomic mass is 9.92. The van der Waals surface area contributed by atoms with Crippen molar-refractivity contribution in [2.75, 3.05) is 0 Å². The van der Waals surface area contributed by atoms with Crippen LogP contribution in [0.15, 0.2) is 22.8 Å². The molecule has 0 aromatic carbocycles. The van der Waals surface area contributed by atoms with Crippen LogP contribution in [-0.4, -0.2) is 11.2 Å². The quantitative estimate of drug-likeness (QED) is 0.790. The topological polar surface area (TPSA) is 33.4 Å². The van der Waals surface area contributed by atoms with Crippen LogP contribution in [0.4, 0.5) is 0 Å². The third-order valence-corrected chi connectivity index (χ3v) is 3.60. The number of hydrogen-bond acceptors (Lipinski definition) is 2. The summed E-state index contributed by atoms with van der Waals surface area (Å²) in [5.41, 5.74) is 0. The molecule has 2 heteroatoms. The molecule has 90 valence electrons. The molecule has 1 aromatic rings. The predicted octanol–water partition coefficient (Wildman–Crippen LogP) is 3.54. The molecular weight excluding hydrogens is 200 g/mol. The fraction of sp³-hybridized carbons (Fsp3) is 0.714. The van der Waals surface area contributed by atoms with E-state index in [4.69, 9.17) is 4.42 Å². The van der Waals surface area contributed by atoms with Crippen molar-refractivity contribution in [1.29, 1.82) is 0 Å². The number of furan rings is 1. The van der Waals surface area contributed by atoms with E-state index in [0.29, 0.717) is 6.42 Å². The first kappa shape index (κ1) is 11.7. The molecule has 1 saturated carbocycles. The first-order chi connectivity index (χ1) is 7.84. The molecule has 2 nitrogen and oxygen atoms in total. The van der Waals surface area contributed by atoms with Crippen LogP contribution in [0.3, 0.4) is 0 Å². The summed E-state index contributed by atoms with van der Waals surface area (Å²) in [5.74, 6) is 1.63. The Kier molecular flexibility index (Phi) is 4.46. The molecule has 1 N–H and O–H groups in total. The highest BCUT2D eigenvalue weighted by molar-refractivity contribution is 4.99. The van der Waals surface area contributed by atoms with Crippen LogP contribution in [0.25, 0.3) is 0 Å². The summed E-state index contributed by atoms with van der Waals surface area (Å²) in [7, 11) is 0. The summed E-state index contributed by atoms with van der Waals surface area (Å²) < 4.78 is 5.26. The zero-order valence-corrected chi connectivity index (χ0v) is 9.90. The molecule has 1 aliphatic rings. The van der Waals surface area contributed by atoms with E-state index in [-0.39, 0.29) is 6.10 Å². The Labute approximate surface area is 97.7 Å². The van der Waals surface area contributed by atoms with E-state index in [0.717, 1.165) is 18.1 Å². The minimum atomic E-state index is -0.228. The Hall–Kier alpha value is -0.760. The van der Waals surface area contributed by atoms with Crippen molar-refractivity contribution in [2.45, 2.75) is 57.5 Å². The highest BCUT2D eigenvalue weighted by atomic mass is 16.3. The van der Waals surface area contributed by atoms with Crippen LogP contribution in [0, 0.1) is 5.92 Å². The van der Waals surface area contributed by atoms with E-state index >= 15 is 0 Å². The maximum absolute atomic E-state index is 10.0. The second kappa shape index (κ2) is 6.09. The fourth-order valence-electron chi connectivity index (χ4n) is 2.73. The maximum Gasteiger partial charge on any atom is 0.106 e. The molecular formula is C14H22O2. The Balaban J connectivity index is 1.75. The van der Waals surface area contributed by atoms with Gasteiger partial charge in [-0.25, -0.2) is 0 Å². The normalized spacial score (nSPS) is 20.6. The first-order valence-corrected chi connectivity index (χ1v) is 6.55. The molecule has 2 rings (SSSR count). The Morgan fingerprint density at radius 2 is 2.00 bits per heavy atom. The summed E-state index contributed by atoms with van der Waals surface area (Å²) >= 11 is 0. The number of aliphatic hydroxyl groups is 1. The molecule has 0 amide bonds. The zero-order chi connectivity index (χ0) is 11.2. The third kappa shape index (κ3) is 3.67. The summed E-state index contributed by atoms with van der Waals surface area (Å²) in [6.45, 7) is 0. The van der Waals surface area contributed by atoms with Crippen LogP contribution in [0.1, 0.15) is 50.7 Å². The lowest BCUT2D eigenvalue weighted by Gasteiger charge is -2.17. The largest absolute Gasteiger partial charge is 0.469 e. The summed E-state index contributed by atoms with van der Waals surface area (Å²) in [4.78, 5) is 0. The van der Waals surface area contributed by atoms with Crippen molar-refractivity contribution < 1.29 is 9.52 Å². The Morgan fingerprint density at radius 1 is 1.25 bits per heavy atom. The summed E-state index contributed by atoms with van der Waals surface area (Å²) in [5, 5.41) is 10.0. The number of hydrogen-bond donors (Lipinski definition) is 1. The van der Waals surface area contributed by atoms with E-state index in [1.165, 1.54) is 38.5 Å². The molecule has 0 radical (unpaired) electrons. The van der Waals surface area contributed by atoms with Crippen molar-refractivity contribution in [1.82, 2.24) is 0 Å². The lowest BCUT2D eigenvalue weighted by Crippen LogP contribution is -2.15. The first-order valence-electron chi connectivity index (χ1n) is 6.55. The van der Waals surface area contributed by atoms with Crippen LogP contribution in [-0.2, 0) is 6.42 Å². The average Bonchev–Trinajstić information content (AvgIpc) is 2.62. The highest BCUT2D eigenvalue weighted by Crippen LogP contribution is 2.27. The van der Waals surface area contributed by atoms with Gasteiger partial charge in [0.1, 0.15) is 5.76 Å². The van der Waals surface area contributed by atoms with Crippen molar-refractivity contribution >= 4 is 0 Å². The maximum atomic E-state index is 10.0. The van der Waals surface area contributed by atoms with Gasteiger partial charge in [-0.1, -0.05) is 38.5 Å². The molecule has 1 aromatic heterocycles. The molecule has 0 bridgehead atoms. The minimum absolute atomic E-state index is 0.228. The van der Waals surface area contributed by atoms with Crippen LogP contribution < -0.4 is 0 Å². The second-order valence-electron chi connectivity index (χ2n) is 5.03. The van der Waals surface area contributed by atoms with Gasteiger partial charge in [0.25, 0.3) is 0 Å². The van der Waals surface area contributed by atoms with Gasteiger partial charge in [-0.05, 0) is 24.5 Å². The number of aliphatic hydroxyl groups excluding tert-OH is 1. The van der Waals surface area contributed by atoms with Gasteiger partial charge >= 0.3 is 0 Å². The Morgan fingerprint density at radius 3 is 2.62 bits per heavy atom. The zero-order valence-electron chi connectivity index (χ0n) is 9.90. The lowest BCUT2D eigenvalue weighted by molar-refractivity contribution is 0.131. The van der Waals surface area contributed by atoms with Crippen molar-refractivity contribution in [3.05, 3.63) is 24.2 Å². The van der Waals surface area contributed by atoms with Gasteiger partial charge in [0.2, 0.25) is 0 Å². The highest BCUT2D eigenvalue weighted by Gasteiger charge is 2.17. The number of rotatable bonds is 4. The smallest absolute Gasteiger partial charge is 0.106 e. The molecule has 1 heterocycles. The third-order valence-electron chi connectivity index (χ3n) is 3.60. The van der Waals surface area contributed by atoms with E-state index in [1.54, 1.807) is 6.26 Å². The van der Waals surface area contributed by atoms with Gasteiger partial charge in [-0.3, -0.25) is 0 Å². The molecule has 1 fully saturated rings. The van der Waals surface area contributed by atoms with Gasteiger partial charge in [0.15, 0.2) is 0 Å². The van der Waals surface area contributed by atoms with E-state index in [9.17, 15) is 5.11 Å². The van der Waals surface area contributed by atoms with Gasteiger partial charge in [0.05, 0.1) is 12.4 Å². The van der Waals surface area contributed by atoms with E-state index in [2.05, 4.69) is 0 Å². The SMILES string of the molecule is OC(Cc1ccco1)CC1CCCCCC1. The molecule has 1 aliphatic carbocycles. The van der Waals surface area contributed by atoms with Gasteiger partial charge in [-0.15, -0.1) is 0 Å². The van der Waals surface area contributed by atoms with Crippen LogP contribution in [0.2, 0.25) is 0 Å². The van der Waals surface area contributed by atoms with Gasteiger partial charge in [-0.2, -0.15) is 0 Å². The van der Waals surface area contributed by atoms with Crippen LogP contribution in [0.5, 0.6) is 0 Å². The van der Waals surface area contributed by atoms with Gasteiger partial charge in [0, 0.05) is 6.42 Å². The van der Waals surface area contributed by atoms with Crippen molar-refractivity contribution in [3.63, 3.8) is 0 Å². The van der Waals surface area contributed by atoms with Gasteiger partial charge < -0.3 is 9.52 Å². The Bertz CT molecular complexity index is 271. The monoisotopic (exact) mass is 222 g/mol. The fourth-order valence-corrected chi connectivity index (χ4v) is 2.73. The predicted molar refractivity (Wildman–Crippen MR) is 64.2 cm³/mol. The molecule has 1 unspecified atom stereocenters. The minimum Gasteiger partial charge on any atom is -0.469 e. The van der Waals surface area contributed by atoms with Crippen molar-refractivity contribution in [2.24, 2.45) is 5.92 Å². The van der Waals surface area contributed by atoms with Crippen molar-refractivity contribution in [3.8, 4) is 0 Å². The average molecular weight is 222 g/mol.